The van der Waals surface area contributed by atoms with Gasteiger partial charge in [0.05, 0.1) is 23.6 Å². The van der Waals surface area contributed by atoms with Gasteiger partial charge in [-0.3, -0.25) is 0 Å². The number of hydrogen-bond acceptors (Lipinski definition) is 4. The monoisotopic (exact) mass is 310 g/mol. The highest BCUT2D eigenvalue weighted by Gasteiger charge is 2.13. The van der Waals surface area contributed by atoms with Crippen molar-refractivity contribution in [2.24, 2.45) is 0 Å². The zero-order valence-electron chi connectivity index (χ0n) is 13.2. The highest BCUT2D eigenvalue weighted by atomic mass is 16.5. The number of rotatable bonds is 5. The van der Waals surface area contributed by atoms with Crippen LogP contribution in [0.25, 0.3) is 5.65 Å². The second-order valence-corrected chi connectivity index (χ2v) is 5.11. The number of imidazole rings is 1. The Kier molecular flexibility index (Phi) is 4.28. The molecule has 0 atom stereocenters. The van der Waals surface area contributed by atoms with Crippen LogP contribution in [0.15, 0.2) is 48.7 Å². The third-order valence-corrected chi connectivity index (χ3v) is 3.55. The molecule has 0 aliphatic carbocycles. The summed E-state index contributed by atoms with van der Waals surface area (Å²) in [5, 5.41) is 0. The first kappa shape index (κ1) is 15.1. The average molecular weight is 310 g/mol. The molecule has 5 heteroatoms. The van der Waals surface area contributed by atoms with Crippen LogP contribution in [0.5, 0.6) is 5.75 Å². The number of carbonyl (C=O) groups excluding carboxylic acids is 1. The molecule has 0 unspecified atom stereocenters. The molecule has 2 aromatic heterocycles. The molecule has 0 aliphatic rings. The summed E-state index contributed by atoms with van der Waals surface area (Å²) in [5.74, 6) is 0.282. The Morgan fingerprint density at radius 1 is 1.22 bits per heavy atom. The highest BCUT2D eigenvalue weighted by Crippen LogP contribution is 2.16. The van der Waals surface area contributed by atoms with E-state index < -0.39 is 0 Å². The lowest BCUT2D eigenvalue weighted by atomic mass is 10.2. The molecule has 0 bridgehead atoms. The highest BCUT2D eigenvalue weighted by molar-refractivity contribution is 5.89. The van der Waals surface area contributed by atoms with E-state index in [1.165, 1.54) is 0 Å². The van der Waals surface area contributed by atoms with Crippen LogP contribution < -0.4 is 4.74 Å². The van der Waals surface area contributed by atoms with Gasteiger partial charge in [0.1, 0.15) is 18.0 Å². The fourth-order valence-electron chi connectivity index (χ4n) is 2.43. The fraction of sp³-hybridized carbons (Fsp3) is 0.222. The van der Waals surface area contributed by atoms with E-state index in [1.54, 1.807) is 18.2 Å². The van der Waals surface area contributed by atoms with Crippen LogP contribution >= 0.6 is 0 Å². The zero-order valence-corrected chi connectivity index (χ0v) is 13.2. The van der Waals surface area contributed by atoms with Gasteiger partial charge in [0.15, 0.2) is 0 Å². The molecule has 0 saturated heterocycles. The van der Waals surface area contributed by atoms with Gasteiger partial charge >= 0.3 is 5.97 Å². The third-order valence-electron chi connectivity index (χ3n) is 3.55. The summed E-state index contributed by atoms with van der Waals surface area (Å²) in [5.41, 5.74) is 3.04. The number of nitrogens with zero attached hydrogens (tertiary/aromatic N) is 2. The summed E-state index contributed by atoms with van der Waals surface area (Å²) in [6.07, 6.45) is 1.91. The molecule has 0 aliphatic heterocycles. The quantitative estimate of drug-likeness (QED) is 0.678. The molecule has 23 heavy (non-hydrogen) atoms. The number of pyridine rings is 1. The first-order valence-corrected chi connectivity index (χ1v) is 7.51. The van der Waals surface area contributed by atoms with E-state index in [4.69, 9.17) is 9.47 Å². The van der Waals surface area contributed by atoms with Crippen LogP contribution in [0.2, 0.25) is 0 Å². The first-order chi connectivity index (χ1) is 11.2. The molecule has 3 rings (SSSR count). The Hall–Kier alpha value is -2.82. The number of esters is 1. The molecule has 0 spiro atoms. The molecular weight excluding hydrogens is 292 g/mol. The number of ether oxygens (including phenoxy) is 2. The fourth-order valence-corrected chi connectivity index (χ4v) is 2.43. The Morgan fingerprint density at radius 2 is 2.09 bits per heavy atom. The van der Waals surface area contributed by atoms with Crippen molar-refractivity contribution in [1.82, 2.24) is 9.38 Å². The Morgan fingerprint density at radius 3 is 2.91 bits per heavy atom. The van der Waals surface area contributed by atoms with E-state index in [9.17, 15) is 4.79 Å². The van der Waals surface area contributed by atoms with Gasteiger partial charge in [-0.25, -0.2) is 9.78 Å². The van der Waals surface area contributed by atoms with Crippen molar-refractivity contribution in [3.05, 3.63) is 65.6 Å². The van der Waals surface area contributed by atoms with Crippen LogP contribution in [-0.4, -0.2) is 22.0 Å². The molecule has 0 N–H and O–H groups in total. The van der Waals surface area contributed by atoms with E-state index in [2.05, 4.69) is 4.98 Å². The topological polar surface area (TPSA) is 52.8 Å². The molecule has 0 amide bonds. The Labute approximate surface area is 134 Å². The predicted octanol–water partition coefficient (Wildman–Crippen LogP) is 3.40. The number of aryl methyl sites for hydroxylation is 1. The number of fused-ring (bicyclic) bond motifs is 1. The molecule has 118 valence electrons. The van der Waals surface area contributed by atoms with Crippen molar-refractivity contribution in [3.8, 4) is 5.75 Å². The lowest BCUT2D eigenvalue weighted by Crippen LogP contribution is -2.07. The first-order valence-electron chi connectivity index (χ1n) is 7.51. The van der Waals surface area contributed by atoms with Gasteiger partial charge in [0.25, 0.3) is 0 Å². The van der Waals surface area contributed by atoms with Gasteiger partial charge in [-0.1, -0.05) is 12.1 Å². The molecule has 0 radical (unpaired) electrons. The van der Waals surface area contributed by atoms with Crippen LogP contribution in [0.4, 0.5) is 0 Å². The second kappa shape index (κ2) is 6.52. The smallest absolute Gasteiger partial charge is 0.338 e. The Bertz CT molecular complexity index is 839. The van der Waals surface area contributed by atoms with E-state index in [1.807, 2.05) is 48.7 Å². The summed E-state index contributed by atoms with van der Waals surface area (Å²) in [7, 11) is 0. The minimum Gasteiger partial charge on any atom is -0.494 e. The standard InChI is InChI=1S/C18H18N2O3/c1-3-22-15-8-6-7-14(11-15)18(21)23-12-16-13(2)19-17-9-4-5-10-20(16)17/h4-11H,3,12H2,1-2H3. The van der Waals surface area contributed by atoms with Crippen LogP contribution in [-0.2, 0) is 11.3 Å². The molecule has 0 fully saturated rings. The lowest BCUT2D eigenvalue weighted by Gasteiger charge is -2.08. The minimum atomic E-state index is -0.378. The molecule has 0 saturated carbocycles. The normalized spacial score (nSPS) is 10.7. The zero-order chi connectivity index (χ0) is 16.2. The number of aromatic nitrogens is 2. The molecular formula is C18H18N2O3. The van der Waals surface area contributed by atoms with Crippen molar-refractivity contribution in [1.29, 1.82) is 0 Å². The number of hydrogen-bond donors (Lipinski definition) is 0. The summed E-state index contributed by atoms with van der Waals surface area (Å²) < 4.78 is 12.8. The summed E-state index contributed by atoms with van der Waals surface area (Å²) in [4.78, 5) is 16.7. The molecule has 2 heterocycles. The van der Waals surface area contributed by atoms with Crippen LogP contribution in [0, 0.1) is 6.92 Å². The third kappa shape index (κ3) is 3.18. The lowest BCUT2D eigenvalue weighted by molar-refractivity contribution is 0.0465. The maximum absolute atomic E-state index is 12.2. The van der Waals surface area contributed by atoms with Crippen molar-refractivity contribution in [2.45, 2.75) is 20.5 Å². The predicted molar refractivity (Wildman–Crippen MR) is 86.7 cm³/mol. The van der Waals surface area contributed by atoms with E-state index >= 15 is 0 Å². The largest absolute Gasteiger partial charge is 0.494 e. The van der Waals surface area contributed by atoms with Crippen molar-refractivity contribution in [2.75, 3.05) is 6.61 Å². The van der Waals surface area contributed by atoms with E-state index in [0.29, 0.717) is 17.9 Å². The van der Waals surface area contributed by atoms with Crippen LogP contribution in [0.1, 0.15) is 28.7 Å². The summed E-state index contributed by atoms with van der Waals surface area (Å²) in [6, 6.07) is 12.8. The number of benzene rings is 1. The Balaban J connectivity index is 1.76. The molecule has 3 aromatic rings. The van der Waals surface area contributed by atoms with Gasteiger partial charge < -0.3 is 13.9 Å². The second-order valence-electron chi connectivity index (χ2n) is 5.11. The maximum atomic E-state index is 12.2. The van der Waals surface area contributed by atoms with Crippen molar-refractivity contribution >= 4 is 11.6 Å². The molecule has 5 nitrogen and oxygen atoms in total. The molecule has 1 aromatic carbocycles. The van der Waals surface area contributed by atoms with Gasteiger partial charge in [-0.15, -0.1) is 0 Å². The van der Waals surface area contributed by atoms with Crippen molar-refractivity contribution < 1.29 is 14.3 Å². The van der Waals surface area contributed by atoms with E-state index in [-0.39, 0.29) is 12.6 Å². The van der Waals surface area contributed by atoms with Gasteiger partial charge in [0.2, 0.25) is 0 Å². The summed E-state index contributed by atoms with van der Waals surface area (Å²) in [6.45, 7) is 4.54. The average Bonchev–Trinajstić information content (AvgIpc) is 2.88. The van der Waals surface area contributed by atoms with Crippen LogP contribution in [0.3, 0.4) is 0 Å². The maximum Gasteiger partial charge on any atom is 0.338 e. The SMILES string of the molecule is CCOc1cccc(C(=O)OCc2c(C)nc3ccccn23)c1. The van der Waals surface area contributed by atoms with Crippen molar-refractivity contribution in [3.63, 3.8) is 0 Å². The van der Waals surface area contributed by atoms with Gasteiger partial charge in [-0.05, 0) is 44.2 Å². The minimum absolute atomic E-state index is 0.175. The number of carbonyl (C=O) groups is 1. The van der Waals surface area contributed by atoms with Gasteiger partial charge in [-0.2, -0.15) is 0 Å². The summed E-state index contributed by atoms with van der Waals surface area (Å²) >= 11 is 0. The van der Waals surface area contributed by atoms with E-state index in [0.717, 1.165) is 17.0 Å². The van der Waals surface area contributed by atoms with Gasteiger partial charge in [0, 0.05) is 6.20 Å².